The molecule has 21 heavy (non-hydrogen) atoms. The molecule has 0 fully saturated rings. The lowest BCUT2D eigenvalue weighted by Gasteiger charge is -2.37. The predicted octanol–water partition coefficient (Wildman–Crippen LogP) is 4.27. The molecule has 120 valence electrons. The van der Waals surface area contributed by atoms with Crippen molar-refractivity contribution in [2.75, 3.05) is 6.54 Å². The summed E-state index contributed by atoms with van der Waals surface area (Å²) in [5, 5.41) is 15.4. The van der Waals surface area contributed by atoms with Crippen LogP contribution in [0.5, 0.6) is 0 Å². The minimum atomic E-state index is -0.390. The highest BCUT2D eigenvalue weighted by Gasteiger charge is 2.50. The van der Waals surface area contributed by atoms with Gasteiger partial charge in [0, 0.05) is 6.54 Å². The van der Waals surface area contributed by atoms with Crippen LogP contribution in [0.15, 0.2) is 35.6 Å². The molecule has 2 N–H and O–H groups in total. The fraction of sp³-hybridized carbons (Fsp3) is 0.667. The van der Waals surface area contributed by atoms with Gasteiger partial charge in [-0.25, -0.2) is 0 Å². The van der Waals surface area contributed by atoms with E-state index in [0.717, 1.165) is 13.0 Å². The van der Waals surface area contributed by atoms with Gasteiger partial charge in [-0.2, -0.15) is 5.06 Å². The summed E-state index contributed by atoms with van der Waals surface area (Å²) in [5.41, 5.74) is 3.11. The summed E-state index contributed by atoms with van der Waals surface area (Å²) in [7, 11) is 0. The fourth-order valence-electron chi connectivity index (χ4n) is 3.47. The Hall–Kier alpha value is -1.06. The molecule has 0 aromatic rings. The lowest BCUT2D eigenvalue weighted by atomic mass is 9.82. The van der Waals surface area contributed by atoms with Crippen LogP contribution >= 0.6 is 0 Å². The van der Waals surface area contributed by atoms with Gasteiger partial charge in [0.1, 0.15) is 0 Å². The van der Waals surface area contributed by atoms with Crippen LogP contribution in [0.25, 0.3) is 0 Å². The summed E-state index contributed by atoms with van der Waals surface area (Å²) in [5.74, 6) is 0.557. The Labute approximate surface area is 130 Å². The van der Waals surface area contributed by atoms with Crippen molar-refractivity contribution in [3.63, 3.8) is 0 Å². The number of allylic oxidation sites excluding steroid dienone is 1. The van der Waals surface area contributed by atoms with E-state index in [4.69, 9.17) is 0 Å². The molecule has 0 amide bonds. The van der Waals surface area contributed by atoms with E-state index < -0.39 is 5.54 Å². The van der Waals surface area contributed by atoms with Gasteiger partial charge in [0.2, 0.25) is 0 Å². The van der Waals surface area contributed by atoms with Crippen LogP contribution in [0.4, 0.5) is 0 Å². The van der Waals surface area contributed by atoms with E-state index in [0.29, 0.717) is 5.92 Å². The summed E-state index contributed by atoms with van der Waals surface area (Å²) >= 11 is 0. The van der Waals surface area contributed by atoms with Gasteiger partial charge in [-0.05, 0) is 69.9 Å². The van der Waals surface area contributed by atoms with Gasteiger partial charge in [-0.15, -0.1) is 0 Å². The number of rotatable bonds is 6. The number of hydrogen-bond acceptors (Lipinski definition) is 3. The molecule has 1 aliphatic heterocycles. The smallest absolute Gasteiger partial charge is 0.0665 e. The molecule has 3 nitrogen and oxygen atoms in total. The molecule has 0 radical (unpaired) electrons. The van der Waals surface area contributed by atoms with Crippen LogP contribution in [0.2, 0.25) is 0 Å². The van der Waals surface area contributed by atoms with E-state index in [1.54, 1.807) is 6.20 Å². The molecular weight excluding hydrogens is 260 g/mol. The largest absolute Gasteiger partial charge is 0.387 e. The van der Waals surface area contributed by atoms with Gasteiger partial charge < -0.3 is 10.5 Å². The Kier molecular flexibility index (Phi) is 5.46. The van der Waals surface area contributed by atoms with Crippen molar-refractivity contribution in [2.24, 2.45) is 5.92 Å². The summed E-state index contributed by atoms with van der Waals surface area (Å²) in [6.07, 6.45) is 4.85. The molecule has 1 heterocycles. The van der Waals surface area contributed by atoms with Gasteiger partial charge in [-0.3, -0.25) is 0 Å². The maximum atomic E-state index is 10.7. The highest BCUT2D eigenvalue weighted by molar-refractivity contribution is 5.50. The number of hydrogen-bond donors (Lipinski definition) is 2. The first-order chi connectivity index (χ1) is 9.60. The van der Waals surface area contributed by atoms with Crippen LogP contribution in [-0.4, -0.2) is 27.9 Å². The SMILES string of the molecule is C=CNC/C(=C\C)C1=C(CC(C)C)C(C)(C)N(O)C1(C)C. The lowest BCUT2D eigenvalue weighted by molar-refractivity contribution is -0.187. The van der Waals surface area contributed by atoms with Crippen LogP contribution in [0.1, 0.15) is 54.9 Å². The third-order valence-electron chi connectivity index (χ3n) is 4.43. The van der Waals surface area contributed by atoms with Gasteiger partial charge in [-0.1, -0.05) is 26.5 Å². The highest BCUT2D eigenvalue weighted by atomic mass is 16.5. The maximum absolute atomic E-state index is 10.7. The van der Waals surface area contributed by atoms with Crippen molar-refractivity contribution in [3.8, 4) is 0 Å². The van der Waals surface area contributed by atoms with Crippen LogP contribution in [-0.2, 0) is 0 Å². The fourth-order valence-corrected chi connectivity index (χ4v) is 3.47. The Morgan fingerprint density at radius 1 is 1.29 bits per heavy atom. The van der Waals surface area contributed by atoms with Crippen molar-refractivity contribution in [1.29, 1.82) is 0 Å². The van der Waals surface area contributed by atoms with Gasteiger partial charge in [0.25, 0.3) is 0 Å². The normalized spacial score (nSPS) is 22.0. The molecule has 1 aliphatic rings. The van der Waals surface area contributed by atoms with E-state index in [2.05, 4.69) is 66.4 Å². The molecule has 0 saturated carbocycles. The van der Waals surface area contributed by atoms with Gasteiger partial charge in [0.15, 0.2) is 0 Å². The Balaban J connectivity index is 3.43. The third-order valence-corrected chi connectivity index (χ3v) is 4.43. The first-order valence-corrected chi connectivity index (χ1v) is 7.83. The Morgan fingerprint density at radius 3 is 2.29 bits per heavy atom. The van der Waals surface area contributed by atoms with Crippen molar-refractivity contribution >= 4 is 0 Å². The van der Waals surface area contributed by atoms with Gasteiger partial charge in [0.05, 0.1) is 11.1 Å². The zero-order chi connectivity index (χ0) is 16.4. The van der Waals surface area contributed by atoms with E-state index in [1.807, 2.05) is 0 Å². The zero-order valence-corrected chi connectivity index (χ0v) is 14.7. The molecule has 0 atom stereocenters. The van der Waals surface area contributed by atoms with Crippen molar-refractivity contribution in [2.45, 2.75) is 66.0 Å². The van der Waals surface area contributed by atoms with Crippen LogP contribution < -0.4 is 5.32 Å². The monoisotopic (exact) mass is 292 g/mol. The molecule has 0 aliphatic carbocycles. The molecule has 0 aromatic carbocycles. The quantitative estimate of drug-likeness (QED) is 0.767. The van der Waals surface area contributed by atoms with Crippen LogP contribution in [0.3, 0.4) is 0 Å². The van der Waals surface area contributed by atoms with Crippen molar-refractivity contribution < 1.29 is 5.21 Å². The van der Waals surface area contributed by atoms with Crippen LogP contribution in [0, 0.1) is 5.92 Å². The average Bonchev–Trinajstić information content (AvgIpc) is 2.50. The average molecular weight is 292 g/mol. The second kappa shape index (κ2) is 6.37. The summed E-state index contributed by atoms with van der Waals surface area (Å²) in [6.45, 7) is 19.4. The van der Waals surface area contributed by atoms with Crippen molar-refractivity contribution in [1.82, 2.24) is 10.4 Å². The standard InChI is InChI=1S/C18H32N2O/c1-9-14(12-19-10-2)16-15(11-13(3)4)17(5,6)20(21)18(16,7)8/h9-10,13,19,21H,2,11-12H2,1,3-8H3/b14-9+. The van der Waals surface area contributed by atoms with E-state index in [1.165, 1.54) is 21.8 Å². The number of nitrogens with zero attached hydrogens (tertiary/aromatic N) is 1. The summed E-state index contributed by atoms with van der Waals surface area (Å²) in [4.78, 5) is 0. The first-order valence-electron chi connectivity index (χ1n) is 7.83. The Bertz CT molecular complexity index is 456. The van der Waals surface area contributed by atoms with E-state index in [9.17, 15) is 5.21 Å². The second-order valence-corrected chi connectivity index (χ2v) is 7.28. The minimum Gasteiger partial charge on any atom is -0.387 e. The minimum absolute atomic E-state index is 0.342. The molecule has 0 bridgehead atoms. The van der Waals surface area contributed by atoms with E-state index in [-0.39, 0.29) is 5.54 Å². The third kappa shape index (κ3) is 3.24. The molecule has 0 unspecified atom stereocenters. The van der Waals surface area contributed by atoms with E-state index >= 15 is 0 Å². The summed E-state index contributed by atoms with van der Waals surface area (Å²) < 4.78 is 0. The first kappa shape index (κ1) is 18.0. The second-order valence-electron chi connectivity index (χ2n) is 7.28. The molecule has 3 heteroatoms. The Morgan fingerprint density at radius 2 is 1.86 bits per heavy atom. The zero-order valence-electron chi connectivity index (χ0n) is 14.7. The number of nitrogens with one attached hydrogen (secondary N) is 1. The molecule has 0 spiro atoms. The maximum Gasteiger partial charge on any atom is 0.0665 e. The lowest BCUT2D eigenvalue weighted by Crippen LogP contribution is -2.49. The highest BCUT2D eigenvalue weighted by Crippen LogP contribution is 2.48. The molecular formula is C18H32N2O. The molecule has 0 aromatic heterocycles. The predicted molar refractivity (Wildman–Crippen MR) is 90.2 cm³/mol. The van der Waals surface area contributed by atoms with Crippen molar-refractivity contribution in [3.05, 3.63) is 35.6 Å². The van der Waals surface area contributed by atoms with Gasteiger partial charge >= 0.3 is 0 Å². The topological polar surface area (TPSA) is 35.5 Å². The molecule has 0 saturated heterocycles. The number of hydroxylamine groups is 2. The summed E-state index contributed by atoms with van der Waals surface area (Å²) in [6, 6.07) is 0. The molecule has 1 rings (SSSR count).